The predicted molar refractivity (Wildman–Crippen MR) is 60.5 cm³/mol. The fourth-order valence-electron chi connectivity index (χ4n) is 1.71. The number of hydrogen-bond acceptors (Lipinski definition) is 3. The Morgan fingerprint density at radius 3 is 2.69 bits per heavy atom. The van der Waals surface area contributed by atoms with Crippen molar-refractivity contribution >= 4 is 16.5 Å². The Morgan fingerprint density at radius 1 is 1.31 bits per heavy atom. The average Bonchev–Trinajstić information content (AvgIpc) is 2.29. The first-order valence-corrected chi connectivity index (χ1v) is 4.91. The van der Waals surface area contributed by atoms with Gasteiger partial charge in [-0.05, 0) is 19.1 Å². The van der Waals surface area contributed by atoms with Crippen molar-refractivity contribution in [2.45, 2.75) is 13.5 Å². The number of nitro benzene ring substituents is 1. The highest BCUT2D eigenvalue weighted by Gasteiger charge is 2.13. The number of hydrogen-bond donors (Lipinski definition) is 0. The lowest BCUT2D eigenvalue weighted by atomic mass is 10.1. The van der Waals surface area contributed by atoms with Gasteiger partial charge in [-0.15, -0.1) is 0 Å². The number of fused-ring (bicyclic) bond motifs is 1. The SMILES string of the molecule is CCn1ccc2c([N+](=O)[O-])cccc2c1=O. The fourth-order valence-corrected chi connectivity index (χ4v) is 1.71. The maximum Gasteiger partial charge on any atom is 0.277 e. The number of aryl methyl sites for hydroxylation is 1. The maximum absolute atomic E-state index is 11.9. The summed E-state index contributed by atoms with van der Waals surface area (Å²) in [6.07, 6.45) is 1.58. The summed E-state index contributed by atoms with van der Waals surface area (Å²) in [4.78, 5) is 22.2. The zero-order valence-electron chi connectivity index (χ0n) is 8.71. The molecule has 0 amide bonds. The van der Waals surface area contributed by atoms with Crippen LogP contribution in [0.5, 0.6) is 0 Å². The molecule has 5 nitrogen and oxygen atoms in total. The van der Waals surface area contributed by atoms with Gasteiger partial charge < -0.3 is 4.57 Å². The topological polar surface area (TPSA) is 65.1 Å². The number of pyridine rings is 1. The van der Waals surface area contributed by atoms with E-state index in [-0.39, 0.29) is 11.2 Å². The van der Waals surface area contributed by atoms with Crippen molar-refractivity contribution in [2.24, 2.45) is 0 Å². The highest BCUT2D eigenvalue weighted by molar-refractivity contribution is 5.89. The van der Waals surface area contributed by atoms with E-state index in [0.717, 1.165) is 0 Å². The van der Waals surface area contributed by atoms with Gasteiger partial charge in [-0.3, -0.25) is 14.9 Å². The van der Waals surface area contributed by atoms with Gasteiger partial charge in [0.1, 0.15) is 0 Å². The normalized spacial score (nSPS) is 10.6. The van der Waals surface area contributed by atoms with Gasteiger partial charge in [0.15, 0.2) is 0 Å². The molecule has 0 saturated heterocycles. The second kappa shape index (κ2) is 3.77. The Kier molecular flexibility index (Phi) is 2.44. The van der Waals surface area contributed by atoms with E-state index in [2.05, 4.69) is 0 Å². The van der Waals surface area contributed by atoms with Crippen LogP contribution in [0.15, 0.2) is 35.3 Å². The van der Waals surface area contributed by atoms with Crippen LogP contribution >= 0.6 is 0 Å². The molecule has 0 saturated carbocycles. The molecule has 82 valence electrons. The monoisotopic (exact) mass is 218 g/mol. The smallest absolute Gasteiger partial charge is 0.277 e. The highest BCUT2D eigenvalue weighted by Crippen LogP contribution is 2.22. The van der Waals surface area contributed by atoms with E-state index in [1.54, 1.807) is 18.3 Å². The molecule has 2 aromatic rings. The highest BCUT2D eigenvalue weighted by atomic mass is 16.6. The van der Waals surface area contributed by atoms with Crippen molar-refractivity contribution in [2.75, 3.05) is 0 Å². The number of rotatable bonds is 2. The van der Waals surface area contributed by atoms with Gasteiger partial charge in [0.2, 0.25) is 0 Å². The van der Waals surface area contributed by atoms with Crippen LogP contribution in [-0.4, -0.2) is 9.49 Å². The van der Waals surface area contributed by atoms with Gasteiger partial charge in [0, 0.05) is 18.8 Å². The van der Waals surface area contributed by atoms with Crippen LogP contribution < -0.4 is 5.56 Å². The largest absolute Gasteiger partial charge is 0.315 e. The first-order chi connectivity index (χ1) is 7.65. The van der Waals surface area contributed by atoms with Crippen LogP contribution in [0.3, 0.4) is 0 Å². The van der Waals surface area contributed by atoms with Crippen LogP contribution in [-0.2, 0) is 6.54 Å². The lowest BCUT2D eigenvalue weighted by molar-refractivity contribution is -0.383. The molecule has 1 aromatic heterocycles. The summed E-state index contributed by atoms with van der Waals surface area (Å²) in [6, 6.07) is 6.15. The van der Waals surface area contributed by atoms with Gasteiger partial charge >= 0.3 is 0 Å². The second-order valence-electron chi connectivity index (χ2n) is 3.40. The van der Waals surface area contributed by atoms with Crippen LogP contribution in [0, 0.1) is 10.1 Å². The van der Waals surface area contributed by atoms with E-state index < -0.39 is 4.92 Å². The van der Waals surface area contributed by atoms with E-state index in [4.69, 9.17) is 0 Å². The first kappa shape index (κ1) is 10.4. The molecule has 0 unspecified atom stereocenters. The molecule has 1 heterocycles. The fraction of sp³-hybridized carbons (Fsp3) is 0.182. The van der Waals surface area contributed by atoms with Gasteiger partial charge in [-0.1, -0.05) is 6.07 Å². The third-order valence-electron chi connectivity index (χ3n) is 2.53. The van der Waals surface area contributed by atoms with Crippen molar-refractivity contribution in [1.29, 1.82) is 0 Å². The van der Waals surface area contributed by atoms with Crippen molar-refractivity contribution in [3.63, 3.8) is 0 Å². The Morgan fingerprint density at radius 2 is 2.06 bits per heavy atom. The van der Waals surface area contributed by atoms with Crippen LogP contribution in [0.1, 0.15) is 6.92 Å². The molecule has 1 aromatic carbocycles. The first-order valence-electron chi connectivity index (χ1n) is 4.91. The number of aromatic nitrogens is 1. The van der Waals surface area contributed by atoms with Gasteiger partial charge in [0.05, 0.1) is 15.7 Å². The number of nitro groups is 1. The molecule has 0 N–H and O–H groups in total. The molecule has 0 bridgehead atoms. The molecule has 0 radical (unpaired) electrons. The average molecular weight is 218 g/mol. The zero-order valence-corrected chi connectivity index (χ0v) is 8.71. The summed E-state index contributed by atoms with van der Waals surface area (Å²) in [6.45, 7) is 2.40. The van der Waals surface area contributed by atoms with E-state index in [1.165, 1.54) is 16.7 Å². The minimum absolute atomic E-state index is 0.0298. The third-order valence-corrected chi connectivity index (χ3v) is 2.53. The van der Waals surface area contributed by atoms with E-state index in [1.807, 2.05) is 6.92 Å². The molecule has 0 fully saturated rings. The van der Waals surface area contributed by atoms with Crippen molar-refractivity contribution < 1.29 is 4.92 Å². The Balaban J connectivity index is 2.88. The molecule has 5 heteroatoms. The summed E-state index contributed by atoms with van der Waals surface area (Å²) >= 11 is 0. The molecular weight excluding hydrogens is 208 g/mol. The quantitative estimate of drug-likeness (QED) is 0.571. The summed E-state index contributed by atoms with van der Waals surface area (Å²) in [7, 11) is 0. The van der Waals surface area contributed by atoms with Crippen molar-refractivity contribution in [3.8, 4) is 0 Å². The molecular formula is C11H10N2O3. The summed E-state index contributed by atoms with van der Waals surface area (Å²) in [5.41, 5.74) is -0.221. The lowest BCUT2D eigenvalue weighted by Gasteiger charge is -2.03. The Hall–Kier alpha value is -2.17. The Labute approximate surface area is 91.1 Å². The van der Waals surface area contributed by atoms with E-state index in [0.29, 0.717) is 17.3 Å². The molecule has 0 atom stereocenters. The molecule has 0 aliphatic carbocycles. The molecule has 16 heavy (non-hydrogen) atoms. The van der Waals surface area contributed by atoms with Gasteiger partial charge in [0.25, 0.3) is 11.2 Å². The Bertz CT molecular complexity index is 616. The van der Waals surface area contributed by atoms with E-state index >= 15 is 0 Å². The van der Waals surface area contributed by atoms with E-state index in [9.17, 15) is 14.9 Å². The molecule has 0 aliphatic heterocycles. The summed E-state index contributed by atoms with van der Waals surface area (Å²) in [5.74, 6) is 0. The zero-order chi connectivity index (χ0) is 11.7. The van der Waals surface area contributed by atoms with Gasteiger partial charge in [-0.25, -0.2) is 0 Å². The molecule has 0 spiro atoms. The number of nitrogens with zero attached hydrogens (tertiary/aromatic N) is 2. The summed E-state index contributed by atoms with van der Waals surface area (Å²) < 4.78 is 1.52. The van der Waals surface area contributed by atoms with Gasteiger partial charge in [-0.2, -0.15) is 0 Å². The number of non-ortho nitro benzene ring substituents is 1. The minimum Gasteiger partial charge on any atom is -0.315 e. The lowest BCUT2D eigenvalue weighted by Crippen LogP contribution is -2.18. The molecule has 0 aliphatic rings. The second-order valence-corrected chi connectivity index (χ2v) is 3.40. The molecule has 2 rings (SSSR count). The van der Waals surface area contributed by atoms with Crippen LogP contribution in [0.4, 0.5) is 5.69 Å². The summed E-state index contributed by atoms with van der Waals surface area (Å²) in [5, 5.41) is 11.6. The van der Waals surface area contributed by atoms with Crippen LogP contribution in [0.2, 0.25) is 0 Å². The minimum atomic E-state index is -0.474. The van der Waals surface area contributed by atoms with Crippen molar-refractivity contribution in [3.05, 3.63) is 50.9 Å². The maximum atomic E-state index is 11.9. The van der Waals surface area contributed by atoms with Crippen LogP contribution in [0.25, 0.3) is 10.8 Å². The predicted octanol–water partition coefficient (Wildman–Crippen LogP) is 1.93. The third kappa shape index (κ3) is 1.46. The standard InChI is InChI=1S/C11H10N2O3/c1-2-12-7-6-8-9(11(12)14)4-3-5-10(8)13(15)16/h3-7H,2H2,1H3. The van der Waals surface area contributed by atoms with Crippen molar-refractivity contribution in [1.82, 2.24) is 4.57 Å². The number of benzene rings is 1.